The molecule has 2 N–H and O–H groups in total. The zero-order valence-corrected chi connectivity index (χ0v) is 16.7. The van der Waals surface area contributed by atoms with Gasteiger partial charge in [-0.3, -0.25) is 9.59 Å². The summed E-state index contributed by atoms with van der Waals surface area (Å²) in [7, 11) is 0. The molecule has 2 aromatic carbocycles. The van der Waals surface area contributed by atoms with Crippen molar-refractivity contribution in [2.75, 3.05) is 5.32 Å². The lowest BCUT2D eigenvalue weighted by Gasteiger charge is -2.26. The minimum absolute atomic E-state index is 0.245. The van der Waals surface area contributed by atoms with Gasteiger partial charge in [0, 0.05) is 5.56 Å². The van der Waals surface area contributed by atoms with Crippen LogP contribution in [0.4, 0.5) is 5.13 Å². The van der Waals surface area contributed by atoms with Crippen LogP contribution in [0.25, 0.3) is 21.7 Å². The summed E-state index contributed by atoms with van der Waals surface area (Å²) in [5, 5.41) is 12.9. The van der Waals surface area contributed by atoms with E-state index in [1.54, 1.807) is 0 Å². The predicted molar refractivity (Wildman–Crippen MR) is 115 cm³/mol. The summed E-state index contributed by atoms with van der Waals surface area (Å²) in [6, 6.07) is 19.8. The SMILES string of the molecule is O=C(O)[C@H]1CCCC[C@H]1C(=O)Nc1nc(-c2ccccc2)c(-c2ccccc2)s1. The van der Waals surface area contributed by atoms with E-state index in [4.69, 9.17) is 4.98 Å². The van der Waals surface area contributed by atoms with Crippen molar-refractivity contribution in [3.63, 3.8) is 0 Å². The minimum Gasteiger partial charge on any atom is -0.481 e. The Balaban J connectivity index is 1.65. The molecule has 0 spiro atoms. The van der Waals surface area contributed by atoms with Crippen molar-refractivity contribution < 1.29 is 14.7 Å². The Bertz CT molecular complexity index is 944. The Morgan fingerprint density at radius 2 is 1.48 bits per heavy atom. The maximum absolute atomic E-state index is 12.9. The van der Waals surface area contributed by atoms with Crippen molar-refractivity contribution in [3.05, 3.63) is 60.7 Å². The number of carboxylic acid groups (broad SMARTS) is 1. The molecule has 1 fully saturated rings. The summed E-state index contributed by atoms with van der Waals surface area (Å²) in [6.45, 7) is 0. The highest BCUT2D eigenvalue weighted by Gasteiger charge is 2.36. The van der Waals surface area contributed by atoms with Crippen molar-refractivity contribution in [1.82, 2.24) is 4.98 Å². The summed E-state index contributed by atoms with van der Waals surface area (Å²) in [5.41, 5.74) is 2.82. The van der Waals surface area contributed by atoms with E-state index in [2.05, 4.69) is 5.32 Å². The second-order valence-electron chi connectivity index (χ2n) is 7.25. The molecule has 1 heterocycles. The maximum Gasteiger partial charge on any atom is 0.307 e. The number of nitrogens with one attached hydrogen (secondary N) is 1. The number of amides is 1. The fraction of sp³-hybridized carbons (Fsp3) is 0.261. The van der Waals surface area contributed by atoms with Crippen molar-refractivity contribution in [2.24, 2.45) is 11.8 Å². The third-order valence-electron chi connectivity index (χ3n) is 5.36. The first-order valence-corrected chi connectivity index (χ1v) is 10.6. The topological polar surface area (TPSA) is 79.3 Å². The van der Waals surface area contributed by atoms with Gasteiger partial charge < -0.3 is 10.4 Å². The van der Waals surface area contributed by atoms with Gasteiger partial charge in [-0.05, 0) is 18.4 Å². The van der Waals surface area contributed by atoms with Crippen molar-refractivity contribution in [2.45, 2.75) is 25.7 Å². The molecule has 148 valence electrons. The molecule has 1 saturated carbocycles. The van der Waals surface area contributed by atoms with E-state index in [-0.39, 0.29) is 5.91 Å². The monoisotopic (exact) mass is 406 g/mol. The largest absolute Gasteiger partial charge is 0.481 e. The van der Waals surface area contributed by atoms with Crippen LogP contribution in [0, 0.1) is 11.8 Å². The minimum atomic E-state index is -0.890. The molecule has 1 aromatic heterocycles. The van der Waals surface area contributed by atoms with Gasteiger partial charge in [-0.25, -0.2) is 4.98 Å². The number of carbonyl (C=O) groups excluding carboxylic acids is 1. The average molecular weight is 407 g/mol. The molecule has 1 aliphatic carbocycles. The number of rotatable bonds is 5. The molecular weight excluding hydrogens is 384 g/mol. The Labute approximate surface area is 173 Å². The Hall–Kier alpha value is -2.99. The summed E-state index contributed by atoms with van der Waals surface area (Å²) in [5.74, 6) is -2.26. The molecule has 6 heteroatoms. The van der Waals surface area contributed by atoms with E-state index in [0.717, 1.165) is 34.5 Å². The zero-order chi connectivity index (χ0) is 20.2. The number of benzene rings is 2. The van der Waals surface area contributed by atoms with Gasteiger partial charge in [-0.15, -0.1) is 0 Å². The van der Waals surface area contributed by atoms with Crippen LogP contribution in [0.5, 0.6) is 0 Å². The standard InChI is InChI=1S/C23H22N2O3S/c26-21(17-13-7-8-14-18(17)22(27)28)25-23-24-19(15-9-3-1-4-10-15)20(29-23)16-11-5-2-6-12-16/h1-6,9-12,17-18H,7-8,13-14H2,(H,27,28)(H,24,25,26)/t17-,18+/m1/s1. The Kier molecular flexibility index (Phi) is 5.71. The number of hydrogen-bond donors (Lipinski definition) is 2. The quantitative estimate of drug-likeness (QED) is 0.602. The van der Waals surface area contributed by atoms with Crippen LogP contribution in [0.2, 0.25) is 0 Å². The smallest absolute Gasteiger partial charge is 0.307 e. The van der Waals surface area contributed by atoms with E-state index in [1.807, 2.05) is 60.7 Å². The summed E-state index contributed by atoms with van der Waals surface area (Å²) < 4.78 is 0. The van der Waals surface area contributed by atoms with Gasteiger partial charge >= 0.3 is 5.97 Å². The van der Waals surface area contributed by atoms with Gasteiger partial charge in [0.15, 0.2) is 5.13 Å². The van der Waals surface area contributed by atoms with Crippen molar-refractivity contribution in [3.8, 4) is 21.7 Å². The van der Waals surface area contributed by atoms with Crippen LogP contribution in [0.1, 0.15) is 25.7 Å². The maximum atomic E-state index is 12.9. The molecule has 4 rings (SSSR count). The number of thiazole rings is 1. The van der Waals surface area contributed by atoms with Crippen molar-refractivity contribution in [1.29, 1.82) is 0 Å². The van der Waals surface area contributed by atoms with E-state index in [1.165, 1.54) is 11.3 Å². The molecule has 0 bridgehead atoms. The van der Waals surface area contributed by atoms with Gasteiger partial charge in [0.25, 0.3) is 0 Å². The van der Waals surface area contributed by atoms with Gasteiger partial charge in [0.1, 0.15) is 0 Å². The van der Waals surface area contributed by atoms with E-state index < -0.39 is 17.8 Å². The molecule has 1 amide bonds. The molecule has 0 aliphatic heterocycles. The molecular formula is C23H22N2O3S. The fourth-order valence-electron chi connectivity index (χ4n) is 3.89. The van der Waals surface area contributed by atoms with E-state index in [9.17, 15) is 14.7 Å². The van der Waals surface area contributed by atoms with E-state index in [0.29, 0.717) is 18.0 Å². The summed E-state index contributed by atoms with van der Waals surface area (Å²) >= 11 is 1.42. The average Bonchev–Trinajstić information content (AvgIpc) is 3.18. The second-order valence-corrected chi connectivity index (χ2v) is 8.25. The molecule has 0 radical (unpaired) electrons. The molecule has 0 unspecified atom stereocenters. The van der Waals surface area contributed by atoms with Crippen LogP contribution < -0.4 is 5.32 Å². The first-order chi connectivity index (χ1) is 14.1. The first kappa shape index (κ1) is 19.3. The highest BCUT2D eigenvalue weighted by atomic mass is 32.1. The van der Waals surface area contributed by atoms with Gasteiger partial charge in [-0.1, -0.05) is 84.8 Å². The number of aromatic nitrogens is 1. The second kappa shape index (κ2) is 8.57. The highest BCUT2D eigenvalue weighted by Crippen LogP contribution is 2.39. The lowest BCUT2D eigenvalue weighted by atomic mass is 9.79. The lowest BCUT2D eigenvalue weighted by Crippen LogP contribution is -2.36. The van der Waals surface area contributed by atoms with Gasteiger partial charge in [-0.2, -0.15) is 0 Å². The summed E-state index contributed by atoms with van der Waals surface area (Å²) in [4.78, 5) is 30.1. The first-order valence-electron chi connectivity index (χ1n) is 9.79. The Morgan fingerprint density at radius 1 is 0.897 bits per heavy atom. The number of nitrogens with zero attached hydrogens (tertiary/aromatic N) is 1. The summed E-state index contributed by atoms with van der Waals surface area (Å²) in [6.07, 6.45) is 2.89. The van der Waals surface area contributed by atoms with Crippen LogP contribution in [0.3, 0.4) is 0 Å². The zero-order valence-electron chi connectivity index (χ0n) is 15.9. The molecule has 5 nitrogen and oxygen atoms in total. The third kappa shape index (κ3) is 4.22. The number of carboxylic acids is 1. The highest BCUT2D eigenvalue weighted by molar-refractivity contribution is 7.19. The van der Waals surface area contributed by atoms with Crippen LogP contribution >= 0.6 is 11.3 Å². The number of aliphatic carboxylic acids is 1. The molecule has 1 aliphatic rings. The van der Waals surface area contributed by atoms with Crippen molar-refractivity contribution >= 4 is 28.3 Å². The fourth-order valence-corrected chi connectivity index (χ4v) is 4.88. The molecule has 3 aromatic rings. The van der Waals surface area contributed by atoms with Gasteiger partial charge in [0.05, 0.1) is 22.4 Å². The lowest BCUT2D eigenvalue weighted by molar-refractivity contribution is -0.147. The Morgan fingerprint density at radius 3 is 2.10 bits per heavy atom. The third-order valence-corrected chi connectivity index (χ3v) is 6.38. The number of carbonyl (C=O) groups is 2. The van der Waals surface area contributed by atoms with Crippen LogP contribution in [0.15, 0.2) is 60.7 Å². The predicted octanol–water partition coefficient (Wildman–Crippen LogP) is 5.31. The van der Waals surface area contributed by atoms with Crippen LogP contribution in [-0.2, 0) is 9.59 Å². The normalized spacial score (nSPS) is 18.9. The van der Waals surface area contributed by atoms with E-state index >= 15 is 0 Å². The number of hydrogen-bond acceptors (Lipinski definition) is 4. The number of anilines is 1. The molecule has 29 heavy (non-hydrogen) atoms. The molecule has 0 saturated heterocycles. The van der Waals surface area contributed by atoms with Gasteiger partial charge in [0.2, 0.25) is 5.91 Å². The van der Waals surface area contributed by atoms with Crippen LogP contribution in [-0.4, -0.2) is 22.0 Å². The molecule has 2 atom stereocenters.